The fourth-order valence-electron chi connectivity index (χ4n) is 3.30. The zero-order chi connectivity index (χ0) is 20.5. The second-order valence-corrected chi connectivity index (χ2v) is 9.01. The van der Waals surface area contributed by atoms with E-state index in [9.17, 15) is 8.42 Å². The number of sulfonamides is 1. The van der Waals surface area contributed by atoms with Crippen LogP contribution in [-0.2, 0) is 17.1 Å². The van der Waals surface area contributed by atoms with Crippen LogP contribution in [0.15, 0.2) is 53.6 Å². The monoisotopic (exact) mass is 421 g/mol. The maximum Gasteiger partial charge on any atom is 0.240 e. The van der Waals surface area contributed by atoms with Crippen LogP contribution in [0.3, 0.4) is 0 Å². The molecule has 0 bridgehead atoms. The second kappa shape index (κ2) is 8.13. The minimum absolute atomic E-state index is 0.105. The number of hydrogen-bond donors (Lipinski definition) is 1. The van der Waals surface area contributed by atoms with Crippen molar-refractivity contribution in [1.82, 2.24) is 14.2 Å². The lowest BCUT2D eigenvalue weighted by Gasteiger charge is -2.24. The van der Waals surface area contributed by atoms with Gasteiger partial charge >= 0.3 is 0 Å². The number of halogens is 1. The zero-order valence-electron chi connectivity index (χ0n) is 16.3. The van der Waals surface area contributed by atoms with Gasteiger partial charge in [-0.05, 0) is 43.9 Å². The standard InChI is InChI=1S/C20H24ClN3O3S/c1-23(2)19(16-13-24(3)18-8-6-5-7-15(16)18)12-22-28(25,26)14-9-10-20(27-4)17(21)11-14/h5-11,13,19,22H,12H2,1-4H3/t19-/m1/s1. The number of aryl methyl sites for hydroxylation is 1. The van der Waals surface area contributed by atoms with Crippen LogP contribution in [0, 0.1) is 0 Å². The first kappa shape index (κ1) is 20.7. The number of nitrogens with one attached hydrogen (secondary N) is 1. The molecule has 0 aliphatic heterocycles. The van der Waals surface area contributed by atoms with E-state index in [1.165, 1.54) is 19.2 Å². The average molecular weight is 422 g/mol. The number of benzene rings is 2. The molecule has 3 aromatic rings. The molecule has 3 rings (SSSR count). The average Bonchev–Trinajstić information content (AvgIpc) is 2.98. The summed E-state index contributed by atoms with van der Waals surface area (Å²) >= 11 is 6.08. The van der Waals surface area contributed by atoms with E-state index in [1.54, 1.807) is 6.07 Å². The summed E-state index contributed by atoms with van der Waals surface area (Å²) in [7, 11) is 3.63. The lowest BCUT2D eigenvalue weighted by Crippen LogP contribution is -2.34. The number of nitrogens with zero attached hydrogens (tertiary/aromatic N) is 2. The number of rotatable bonds is 7. The van der Waals surface area contributed by atoms with Crippen molar-refractivity contribution in [2.45, 2.75) is 10.9 Å². The van der Waals surface area contributed by atoms with Gasteiger partial charge in [-0.1, -0.05) is 29.8 Å². The number of ether oxygens (including phenoxy) is 1. The highest BCUT2D eigenvalue weighted by atomic mass is 35.5. The van der Waals surface area contributed by atoms with Gasteiger partial charge in [0.1, 0.15) is 5.75 Å². The van der Waals surface area contributed by atoms with E-state index in [2.05, 4.69) is 21.4 Å². The molecule has 0 spiro atoms. The van der Waals surface area contributed by atoms with Gasteiger partial charge in [0, 0.05) is 36.7 Å². The van der Waals surface area contributed by atoms with Crippen LogP contribution in [-0.4, -0.2) is 45.6 Å². The van der Waals surface area contributed by atoms with Gasteiger partial charge in [0.25, 0.3) is 0 Å². The van der Waals surface area contributed by atoms with E-state index in [0.717, 1.165) is 16.5 Å². The molecule has 1 heterocycles. The molecule has 1 atom stereocenters. The number of hydrogen-bond acceptors (Lipinski definition) is 4. The molecule has 0 radical (unpaired) electrons. The van der Waals surface area contributed by atoms with Crippen molar-refractivity contribution in [1.29, 1.82) is 0 Å². The molecular weight excluding hydrogens is 398 g/mol. The largest absolute Gasteiger partial charge is 0.495 e. The Bertz CT molecular complexity index is 1090. The lowest BCUT2D eigenvalue weighted by molar-refractivity contribution is 0.301. The third-order valence-electron chi connectivity index (χ3n) is 4.81. The summed E-state index contributed by atoms with van der Waals surface area (Å²) in [5, 5.41) is 1.36. The molecule has 0 aliphatic rings. The zero-order valence-corrected chi connectivity index (χ0v) is 17.9. The van der Waals surface area contributed by atoms with Crippen molar-refractivity contribution in [3.8, 4) is 5.75 Å². The minimum Gasteiger partial charge on any atom is -0.495 e. The fourth-order valence-corrected chi connectivity index (χ4v) is 4.68. The number of likely N-dealkylation sites (N-methyl/N-ethyl adjacent to an activating group) is 1. The first-order valence-corrected chi connectivity index (χ1v) is 10.6. The Hall–Kier alpha value is -2.06. The molecule has 1 aromatic heterocycles. The molecule has 0 amide bonds. The Balaban J connectivity index is 1.88. The number of methoxy groups -OCH3 is 1. The molecule has 6 nitrogen and oxygen atoms in total. The van der Waals surface area contributed by atoms with E-state index >= 15 is 0 Å². The Morgan fingerprint density at radius 3 is 2.57 bits per heavy atom. The van der Waals surface area contributed by atoms with Crippen LogP contribution in [0.25, 0.3) is 10.9 Å². The molecule has 1 N–H and O–H groups in total. The fraction of sp³-hybridized carbons (Fsp3) is 0.300. The van der Waals surface area contributed by atoms with Gasteiger partial charge in [-0.2, -0.15) is 0 Å². The van der Waals surface area contributed by atoms with Crippen molar-refractivity contribution in [3.63, 3.8) is 0 Å². The van der Waals surface area contributed by atoms with Gasteiger partial charge in [0.05, 0.1) is 17.0 Å². The maximum absolute atomic E-state index is 12.8. The Kier molecular flexibility index (Phi) is 6.00. The summed E-state index contributed by atoms with van der Waals surface area (Å²) in [5.74, 6) is 0.433. The highest BCUT2D eigenvalue weighted by Crippen LogP contribution is 2.30. The van der Waals surface area contributed by atoms with Crippen LogP contribution in [0.5, 0.6) is 5.75 Å². The predicted octanol–water partition coefficient (Wildman–Crippen LogP) is 3.42. The molecular formula is C20H24ClN3O3S. The third-order valence-corrected chi connectivity index (χ3v) is 6.53. The summed E-state index contributed by atoms with van der Waals surface area (Å²) in [4.78, 5) is 2.11. The van der Waals surface area contributed by atoms with E-state index in [1.807, 2.05) is 44.4 Å². The van der Waals surface area contributed by atoms with Crippen molar-refractivity contribution in [2.24, 2.45) is 7.05 Å². The molecule has 0 aliphatic carbocycles. The predicted molar refractivity (Wildman–Crippen MR) is 113 cm³/mol. The van der Waals surface area contributed by atoms with Gasteiger partial charge in [-0.3, -0.25) is 0 Å². The van der Waals surface area contributed by atoms with Gasteiger partial charge in [-0.25, -0.2) is 13.1 Å². The molecule has 2 aromatic carbocycles. The Morgan fingerprint density at radius 1 is 1.21 bits per heavy atom. The van der Waals surface area contributed by atoms with Gasteiger partial charge < -0.3 is 14.2 Å². The van der Waals surface area contributed by atoms with Crippen molar-refractivity contribution in [3.05, 3.63) is 59.2 Å². The summed E-state index contributed by atoms with van der Waals surface area (Å²) in [5.41, 5.74) is 2.17. The molecule has 8 heteroatoms. The van der Waals surface area contributed by atoms with Crippen LogP contribution in [0.1, 0.15) is 11.6 Å². The molecule has 0 unspecified atom stereocenters. The van der Waals surface area contributed by atoms with Crippen molar-refractivity contribution in [2.75, 3.05) is 27.7 Å². The Labute approximate surface area is 170 Å². The van der Waals surface area contributed by atoms with Crippen molar-refractivity contribution < 1.29 is 13.2 Å². The Morgan fingerprint density at radius 2 is 1.93 bits per heavy atom. The second-order valence-electron chi connectivity index (χ2n) is 6.84. The number of aromatic nitrogens is 1. The summed E-state index contributed by atoms with van der Waals surface area (Å²) in [6.07, 6.45) is 2.05. The van der Waals surface area contributed by atoms with E-state index in [0.29, 0.717) is 5.75 Å². The quantitative estimate of drug-likeness (QED) is 0.634. The first-order valence-electron chi connectivity index (χ1n) is 8.78. The molecule has 28 heavy (non-hydrogen) atoms. The summed E-state index contributed by atoms with van der Waals surface area (Å²) in [6, 6.07) is 12.4. The van der Waals surface area contributed by atoms with Crippen LogP contribution in [0.2, 0.25) is 5.02 Å². The van der Waals surface area contributed by atoms with Crippen LogP contribution in [0.4, 0.5) is 0 Å². The molecule has 150 valence electrons. The van der Waals surface area contributed by atoms with E-state index in [-0.39, 0.29) is 22.5 Å². The molecule has 0 saturated carbocycles. The minimum atomic E-state index is -3.71. The number of para-hydroxylation sites is 1. The van der Waals surface area contributed by atoms with Gasteiger partial charge in [-0.15, -0.1) is 0 Å². The summed E-state index contributed by atoms with van der Waals surface area (Å²) in [6.45, 7) is 0.229. The van der Waals surface area contributed by atoms with Crippen LogP contribution < -0.4 is 9.46 Å². The highest BCUT2D eigenvalue weighted by Gasteiger charge is 2.23. The van der Waals surface area contributed by atoms with E-state index in [4.69, 9.17) is 16.3 Å². The van der Waals surface area contributed by atoms with E-state index < -0.39 is 10.0 Å². The van der Waals surface area contributed by atoms with Gasteiger partial charge in [0.2, 0.25) is 10.0 Å². The topological polar surface area (TPSA) is 63.6 Å². The first-order chi connectivity index (χ1) is 13.2. The molecule has 0 fully saturated rings. The highest BCUT2D eigenvalue weighted by molar-refractivity contribution is 7.89. The smallest absolute Gasteiger partial charge is 0.240 e. The van der Waals surface area contributed by atoms with Gasteiger partial charge in [0.15, 0.2) is 0 Å². The summed E-state index contributed by atoms with van der Waals surface area (Å²) < 4.78 is 35.4. The normalized spacial score (nSPS) is 13.2. The van der Waals surface area contributed by atoms with Crippen molar-refractivity contribution >= 4 is 32.5 Å². The lowest BCUT2D eigenvalue weighted by atomic mass is 10.1. The number of fused-ring (bicyclic) bond motifs is 1. The maximum atomic E-state index is 12.8. The SMILES string of the molecule is COc1ccc(S(=O)(=O)NC[C@H](c2cn(C)c3ccccc23)N(C)C)cc1Cl. The van der Waals surface area contributed by atoms with Crippen LogP contribution >= 0.6 is 11.6 Å². The third kappa shape index (κ3) is 4.03. The molecule has 0 saturated heterocycles.